The maximum absolute atomic E-state index is 13.6. The highest BCUT2D eigenvalue weighted by Crippen LogP contribution is 2.25. The second-order valence-corrected chi connectivity index (χ2v) is 5.87. The smallest absolute Gasteiger partial charge is 0.345 e. The third-order valence-corrected chi connectivity index (χ3v) is 4.15. The Morgan fingerprint density at radius 1 is 1.23 bits per heavy atom. The second kappa shape index (κ2) is 8.43. The molecular weight excluding hydrogens is 365 g/mol. The number of Topliss-reactive ketones (excluding diaryl/α,β-unsaturated/α-hetero) is 1. The standard InChI is InChI=1S/C17H14FNO6S/c1-24-16-6-3-10(7-13(16)18)15(20)9-25-17(21)12-8-11(26-2)4-5-14(12)19(22)23/h3-8H,9H2,1-2H3. The van der Waals surface area contributed by atoms with Crippen LogP contribution in [0, 0.1) is 15.9 Å². The van der Waals surface area contributed by atoms with E-state index in [-0.39, 0.29) is 16.9 Å². The van der Waals surface area contributed by atoms with Crippen LogP contribution in [0.4, 0.5) is 10.1 Å². The Kier molecular flexibility index (Phi) is 6.29. The summed E-state index contributed by atoms with van der Waals surface area (Å²) < 4.78 is 23.3. The normalized spacial score (nSPS) is 10.3. The summed E-state index contributed by atoms with van der Waals surface area (Å²) in [6.45, 7) is -0.675. The van der Waals surface area contributed by atoms with Gasteiger partial charge in [-0.15, -0.1) is 11.8 Å². The zero-order valence-electron chi connectivity index (χ0n) is 13.9. The van der Waals surface area contributed by atoms with Gasteiger partial charge in [0.15, 0.2) is 24.0 Å². The van der Waals surface area contributed by atoms with Crippen molar-refractivity contribution in [2.45, 2.75) is 4.90 Å². The number of thioether (sulfide) groups is 1. The number of nitro groups is 1. The summed E-state index contributed by atoms with van der Waals surface area (Å²) in [6, 6.07) is 7.59. The van der Waals surface area contributed by atoms with Crippen molar-refractivity contribution in [1.29, 1.82) is 0 Å². The quantitative estimate of drug-likeness (QED) is 0.239. The molecule has 0 heterocycles. The van der Waals surface area contributed by atoms with Crippen molar-refractivity contribution in [3.8, 4) is 5.75 Å². The summed E-state index contributed by atoms with van der Waals surface area (Å²) >= 11 is 1.30. The number of benzene rings is 2. The molecule has 9 heteroatoms. The topological polar surface area (TPSA) is 95.7 Å². The van der Waals surface area contributed by atoms with Crippen LogP contribution in [0.1, 0.15) is 20.7 Å². The zero-order valence-corrected chi connectivity index (χ0v) is 14.7. The maximum Gasteiger partial charge on any atom is 0.345 e. The van der Waals surface area contributed by atoms with Gasteiger partial charge in [-0.2, -0.15) is 0 Å². The van der Waals surface area contributed by atoms with E-state index in [1.807, 2.05) is 0 Å². The Morgan fingerprint density at radius 3 is 2.54 bits per heavy atom. The van der Waals surface area contributed by atoms with Crippen LogP contribution >= 0.6 is 11.8 Å². The lowest BCUT2D eigenvalue weighted by atomic mass is 10.1. The third kappa shape index (κ3) is 4.37. The number of nitro benzene ring substituents is 1. The van der Waals surface area contributed by atoms with Gasteiger partial charge in [-0.25, -0.2) is 9.18 Å². The molecule has 0 atom stereocenters. The molecule has 0 N–H and O–H groups in total. The van der Waals surface area contributed by atoms with Crippen molar-refractivity contribution in [2.24, 2.45) is 0 Å². The molecular formula is C17H14FNO6S. The molecule has 0 amide bonds. The molecule has 0 spiro atoms. The molecule has 0 unspecified atom stereocenters. The highest BCUT2D eigenvalue weighted by Gasteiger charge is 2.23. The minimum atomic E-state index is -1.00. The Hall–Kier alpha value is -2.94. The molecule has 26 heavy (non-hydrogen) atoms. The minimum Gasteiger partial charge on any atom is -0.494 e. The summed E-state index contributed by atoms with van der Waals surface area (Å²) in [4.78, 5) is 35.2. The molecule has 136 valence electrons. The molecule has 0 radical (unpaired) electrons. The van der Waals surface area contributed by atoms with Crippen molar-refractivity contribution < 1.29 is 28.4 Å². The summed E-state index contributed by atoms with van der Waals surface area (Å²) in [7, 11) is 1.29. The number of hydrogen-bond donors (Lipinski definition) is 0. The van der Waals surface area contributed by atoms with E-state index in [9.17, 15) is 24.1 Å². The number of ketones is 1. The first-order valence-corrected chi connectivity index (χ1v) is 8.46. The third-order valence-electron chi connectivity index (χ3n) is 3.43. The molecule has 0 bridgehead atoms. The van der Waals surface area contributed by atoms with Crippen LogP contribution in [0.25, 0.3) is 0 Å². The molecule has 2 aromatic carbocycles. The highest BCUT2D eigenvalue weighted by molar-refractivity contribution is 7.98. The van der Waals surface area contributed by atoms with Crippen LogP contribution in [0.5, 0.6) is 5.75 Å². The van der Waals surface area contributed by atoms with Crippen molar-refractivity contribution in [2.75, 3.05) is 20.0 Å². The van der Waals surface area contributed by atoms with Crippen LogP contribution in [-0.4, -0.2) is 36.6 Å². The van der Waals surface area contributed by atoms with Gasteiger partial charge in [0.2, 0.25) is 0 Å². The van der Waals surface area contributed by atoms with Crippen molar-refractivity contribution in [3.63, 3.8) is 0 Å². The van der Waals surface area contributed by atoms with E-state index < -0.39 is 34.8 Å². The monoisotopic (exact) mass is 379 g/mol. The maximum atomic E-state index is 13.6. The predicted molar refractivity (Wildman–Crippen MR) is 92.4 cm³/mol. The zero-order chi connectivity index (χ0) is 19.3. The van der Waals surface area contributed by atoms with E-state index >= 15 is 0 Å². The van der Waals surface area contributed by atoms with Gasteiger partial charge in [0, 0.05) is 16.5 Å². The molecule has 0 saturated heterocycles. The Labute approximate surface area is 152 Å². The average Bonchev–Trinajstić information content (AvgIpc) is 2.64. The molecule has 2 rings (SSSR count). The van der Waals surface area contributed by atoms with Gasteiger partial charge in [0.05, 0.1) is 12.0 Å². The fraction of sp³-hybridized carbons (Fsp3) is 0.176. The molecule has 0 aliphatic rings. The number of carbonyl (C=O) groups excluding carboxylic acids is 2. The van der Waals surface area contributed by atoms with Crippen LogP contribution in [-0.2, 0) is 4.74 Å². The predicted octanol–water partition coefficient (Wildman–Crippen LogP) is 3.50. The largest absolute Gasteiger partial charge is 0.494 e. The van der Waals surface area contributed by atoms with E-state index in [0.29, 0.717) is 4.90 Å². The number of nitrogens with zero attached hydrogens (tertiary/aromatic N) is 1. The number of hydrogen-bond acceptors (Lipinski definition) is 7. The van der Waals surface area contributed by atoms with E-state index in [0.717, 1.165) is 6.07 Å². The Balaban J connectivity index is 2.14. The molecule has 0 aromatic heterocycles. The first kappa shape index (κ1) is 19.4. The van der Waals surface area contributed by atoms with Gasteiger partial charge >= 0.3 is 5.97 Å². The number of rotatable bonds is 7. The van der Waals surface area contributed by atoms with Crippen molar-refractivity contribution >= 4 is 29.2 Å². The number of halogens is 1. The molecule has 0 aliphatic heterocycles. The molecule has 0 aliphatic carbocycles. The number of ether oxygens (including phenoxy) is 2. The van der Waals surface area contributed by atoms with Crippen LogP contribution in [0.3, 0.4) is 0 Å². The van der Waals surface area contributed by atoms with Gasteiger partial charge in [-0.3, -0.25) is 14.9 Å². The molecule has 2 aromatic rings. The molecule has 0 saturated carbocycles. The van der Waals surface area contributed by atoms with Gasteiger partial charge in [0.25, 0.3) is 5.69 Å². The van der Waals surface area contributed by atoms with Gasteiger partial charge in [0.1, 0.15) is 5.56 Å². The van der Waals surface area contributed by atoms with E-state index in [4.69, 9.17) is 9.47 Å². The average molecular weight is 379 g/mol. The fourth-order valence-corrected chi connectivity index (χ4v) is 2.54. The minimum absolute atomic E-state index is 0.0107. The number of carbonyl (C=O) groups is 2. The SMILES string of the molecule is COc1ccc(C(=O)COC(=O)c2cc(SC)ccc2[N+](=O)[O-])cc1F. The van der Waals surface area contributed by atoms with E-state index in [1.54, 1.807) is 6.26 Å². The highest BCUT2D eigenvalue weighted by atomic mass is 32.2. The van der Waals surface area contributed by atoms with Crippen LogP contribution in [0.15, 0.2) is 41.3 Å². The van der Waals surface area contributed by atoms with Gasteiger partial charge in [-0.05, 0) is 36.6 Å². The summed E-state index contributed by atoms with van der Waals surface area (Å²) in [6.07, 6.45) is 1.75. The van der Waals surface area contributed by atoms with Crippen LogP contribution < -0.4 is 4.74 Å². The lowest BCUT2D eigenvalue weighted by Crippen LogP contribution is -2.15. The second-order valence-electron chi connectivity index (χ2n) is 4.99. The van der Waals surface area contributed by atoms with Crippen molar-refractivity contribution in [3.05, 3.63) is 63.5 Å². The molecule has 7 nitrogen and oxygen atoms in total. The summed E-state index contributed by atoms with van der Waals surface area (Å²) in [5.74, 6) is -2.41. The first-order valence-electron chi connectivity index (χ1n) is 7.23. The van der Waals surface area contributed by atoms with Crippen molar-refractivity contribution in [1.82, 2.24) is 0 Å². The Bertz CT molecular complexity index is 870. The van der Waals surface area contributed by atoms with Crippen LogP contribution in [0.2, 0.25) is 0 Å². The summed E-state index contributed by atoms with van der Waals surface area (Å²) in [5.41, 5.74) is -0.685. The summed E-state index contributed by atoms with van der Waals surface area (Å²) in [5, 5.41) is 11.1. The van der Waals surface area contributed by atoms with E-state index in [2.05, 4.69) is 0 Å². The lowest BCUT2D eigenvalue weighted by Gasteiger charge is -2.07. The van der Waals surface area contributed by atoms with Gasteiger partial charge < -0.3 is 9.47 Å². The lowest BCUT2D eigenvalue weighted by molar-refractivity contribution is -0.385. The molecule has 0 fully saturated rings. The Morgan fingerprint density at radius 2 is 1.96 bits per heavy atom. The van der Waals surface area contributed by atoms with E-state index in [1.165, 1.54) is 49.2 Å². The number of esters is 1. The number of methoxy groups -OCH3 is 1. The van der Waals surface area contributed by atoms with Gasteiger partial charge in [-0.1, -0.05) is 0 Å². The first-order chi connectivity index (χ1) is 12.4. The fourth-order valence-electron chi connectivity index (χ4n) is 2.10.